The Morgan fingerprint density at radius 3 is 2.79 bits per heavy atom. The number of H-pyrrole nitrogens is 1. The summed E-state index contributed by atoms with van der Waals surface area (Å²) in [5.41, 5.74) is 1.23. The lowest BCUT2D eigenvalue weighted by molar-refractivity contribution is -0.0705. The van der Waals surface area contributed by atoms with Crippen LogP contribution in [0, 0.1) is 0 Å². The van der Waals surface area contributed by atoms with Crippen molar-refractivity contribution in [3.8, 4) is 11.5 Å². The second-order valence-corrected chi connectivity index (χ2v) is 9.31. The van der Waals surface area contributed by atoms with E-state index in [9.17, 15) is 4.79 Å². The Labute approximate surface area is 174 Å². The van der Waals surface area contributed by atoms with E-state index in [1.165, 1.54) is 0 Å². The minimum atomic E-state index is -0.228. The highest BCUT2D eigenvalue weighted by molar-refractivity contribution is 8.14. The van der Waals surface area contributed by atoms with E-state index in [0.717, 1.165) is 23.4 Å². The summed E-state index contributed by atoms with van der Waals surface area (Å²) < 4.78 is 18.9. The van der Waals surface area contributed by atoms with E-state index in [1.54, 1.807) is 26.0 Å². The number of fused-ring (bicyclic) bond motifs is 1. The van der Waals surface area contributed by atoms with Crippen molar-refractivity contribution in [1.82, 2.24) is 9.78 Å². The topological polar surface area (TPSA) is 77.8 Å². The molecule has 7 nitrogen and oxygen atoms in total. The van der Waals surface area contributed by atoms with Crippen LogP contribution in [-0.4, -0.2) is 41.3 Å². The summed E-state index contributed by atoms with van der Waals surface area (Å²) in [5, 5.41) is 3.75. The lowest BCUT2D eigenvalue weighted by Gasteiger charge is -2.36. The van der Waals surface area contributed by atoms with E-state index in [1.807, 2.05) is 29.8 Å². The van der Waals surface area contributed by atoms with Crippen molar-refractivity contribution in [3.05, 3.63) is 39.7 Å². The maximum absolute atomic E-state index is 13.1. The van der Waals surface area contributed by atoms with Crippen LogP contribution in [0.25, 0.3) is 0 Å². The molecule has 156 valence electrons. The van der Waals surface area contributed by atoms with Gasteiger partial charge in [0.2, 0.25) is 0 Å². The Bertz CT molecular complexity index is 1010. The molecule has 1 N–H and O–H groups in total. The first-order chi connectivity index (χ1) is 13.8. The third-order valence-corrected chi connectivity index (χ3v) is 6.66. The molecule has 2 aliphatic heterocycles. The summed E-state index contributed by atoms with van der Waals surface area (Å²) in [7, 11) is 3.24. The van der Waals surface area contributed by atoms with Crippen molar-refractivity contribution < 1.29 is 14.2 Å². The molecule has 1 saturated heterocycles. The second kappa shape index (κ2) is 7.57. The third-order valence-electron chi connectivity index (χ3n) is 5.50. The molecule has 0 aliphatic carbocycles. The monoisotopic (exact) mass is 417 g/mol. The van der Waals surface area contributed by atoms with Crippen molar-refractivity contribution in [3.63, 3.8) is 0 Å². The molecule has 3 heterocycles. The van der Waals surface area contributed by atoms with Gasteiger partial charge >= 0.3 is 0 Å². The number of hydrogen-bond donors (Lipinski definition) is 1. The average Bonchev–Trinajstić information content (AvgIpc) is 3.02. The molecule has 2 atom stereocenters. The second-order valence-electron chi connectivity index (χ2n) is 8.01. The van der Waals surface area contributed by atoms with Gasteiger partial charge in [-0.25, -0.2) is 4.99 Å². The molecule has 0 spiro atoms. The van der Waals surface area contributed by atoms with Crippen molar-refractivity contribution in [1.29, 1.82) is 0 Å². The Morgan fingerprint density at radius 1 is 1.31 bits per heavy atom. The maximum atomic E-state index is 13.1. The minimum absolute atomic E-state index is 0.108. The van der Waals surface area contributed by atoms with Crippen LogP contribution in [0.2, 0.25) is 0 Å². The Morgan fingerprint density at radius 2 is 2.10 bits per heavy atom. The molecule has 2 aromatic rings. The lowest BCUT2D eigenvalue weighted by Crippen LogP contribution is -2.35. The van der Waals surface area contributed by atoms with Crippen LogP contribution >= 0.6 is 11.8 Å². The first-order valence-electron chi connectivity index (χ1n) is 9.76. The number of ether oxygens (including phenoxy) is 3. The predicted octanol–water partition coefficient (Wildman–Crippen LogP) is 4.21. The molecule has 0 amide bonds. The normalized spacial score (nSPS) is 23.3. The van der Waals surface area contributed by atoms with Crippen LogP contribution in [0.4, 0.5) is 5.82 Å². The zero-order valence-electron chi connectivity index (χ0n) is 17.4. The summed E-state index contributed by atoms with van der Waals surface area (Å²) >= 11 is 1.56. The van der Waals surface area contributed by atoms with Gasteiger partial charge in [0.1, 0.15) is 0 Å². The van der Waals surface area contributed by atoms with Gasteiger partial charge in [0.25, 0.3) is 5.56 Å². The summed E-state index contributed by atoms with van der Waals surface area (Å²) in [6.07, 6.45) is 1.66. The fourth-order valence-electron chi connectivity index (χ4n) is 4.23. The maximum Gasteiger partial charge on any atom is 0.271 e. The van der Waals surface area contributed by atoms with Crippen molar-refractivity contribution in [2.24, 2.45) is 4.99 Å². The fourth-order valence-corrected chi connectivity index (χ4v) is 5.35. The molecule has 2 aliphatic rings. The number of aromatic nitrogens is 2. The Kier molecular flexibility index (Phi) is 5.25. The molecule has 1 aromatic heterocycles. The van der Waals surface area contributed by atoms with Crippen LogP contribution < -0.4 is 15.0 Å². The quantitative estimate of drug-likeness (QED) is 0.806. The third kappa shape index (κ3) is 3.59. The van der Waals surface area contributed by atoms with E-state index >= 15 is 0 Å². The van der Waals surface area contributed by atoms with Crippen LogP contribution in [0.3, 0.4) is 0 Å². The van der Waals surface area contributed by atoms with Crippen molar-refractivity contribution in [2.45, 2.75) is 50.5 Å². The van der Waals surface area contributed by atoms with Crippen molar-refractivity contribution in [2.75, 3.05) is 20.8 Å². The van der Waals surface area contributed by atoms with E-state index in [4.69, 9.17) is 19.2 Å². The number of nitrogens with zero attached hydrogens (tertiary/aromatic N) is 2. The van der Waals surface area contributed by atoms with Gasteiger partial charge in [-0.1, -0.05) is 23.9 Å². The number of hydrogen-bond acceptors (Lipinski definition) is 6. The predicted molar refractivity (Wildman–Crippen MR) is 115 cm³/mol. The molecule has 29 heavy (non-hydrogen) atoms. The highest BCUT2D eigenvalue weighted by atomic mass is 32.2. The summed E-state index contributed by atoms with van der Waals surface area (Å²) in [6.45, 7) is 6.81. The van der Waals surface area contributed by atoms with Crippen LogP contribution in [0.5, 0.6) is 11.5 Å². The van der Waals surface area contributed by atoms with E-state index in [2.05, 4.69) is 18.9 Å². The standard InChI is InChI=1S/C21H27N3O4S/c1-12-22-19-16(18(29-12)14-7-6-8-15(26-4)17(14)27-5)20(25)23-24(19)13-9-10-28-21(2,3)11-13/h6-8,13,18H,9-11H2,1-5H3,(H,23,25)/t13-,18+/m1/s1. The van der Waals surface area contributed by atoms with Crippen molar-refractivity contribution >= 4 is 22.6 Å². The molecular weight excluding hydrogens is 390 g/mol. The molecule has 8 heteroatoms. The zero-order valence-corrected chi connectivity index (χ0v) is 18.3. The van der Waals surface area contributed by atoms with Crippen LogP contribution in [0.15, 0.2) is 28.0 Å². The zero-order chi connectivity index (χ0) is 20.8. The van der Waals surface area contributed by atoms with Gasteiger partial charge in [0.15, 0.2) is 17.3 Å². The smallest absolute Gasteiger partial charge is 0.271 e. The van der Waals surface area contributed by atoms with Gasteiger partial charge in [0, 0.05) is 12.2 Å². The van der Waals surface area contributed by atoms with Gasteiger partial charge in [-0.3, -0.25) is 14.6 Å². The summed E-state index contributed by atoms with van der Waals surface area (Å²) in [4.78, 5) is 17.8. The van der Waals surface area contributed by atoms with Gasteiger partial charge in [-0.05, 0) is 39.7 Å². The number of nitrogens with one attached hydrogen (secondary N) is 1. The molecule has 1 aromatic carbocycles. The molecule has 0 radical (unpaired) electrons. The first-order valence-corrected chi connectivity index (χ1v) is 10.6. The Hall–Kier alpha value is -2.19. The van der Waals surface area contributed by atoms with Gasteiger partial charge < -0.3 is 14.2 Å². The van der Waals surface area contributed by atoms with Gasteiger partial charge in [-0.2, -0.15) is 0 Å². The van der Waals surface area contributed by atoms with Gasteiger partial charge in [-0.15, -0.1) is 0 Å². The number of aromatic amines is 1. The van der Waals surface area contributed by atoms with Crippen LogP contribution in [-0.2, 0) is 4.74 Å². The number of methoxy groups -OCH3 is 2. The van der Waals surface area contributed by atoms with Gasteiger partial charge in [0.05, 0.1) is 41.7 Å². The molecule has 0 unspecified atom stereocenters. The highest BCUT2D eigenvalue weighted by Gasteiger charge is 2.36. The summed E-state index contributed by atoms with van der Waals surface area (Å²) in [5.74, 6) is 2.01. The largest absolute Gasteiger partial charge is 0.493 e. The van der Waals surface area contributed by atoms with E-state index in [-0.39, 0.29) is 22.5 Å². The summed E-state index contributed by atoms with van der Waals surface area (Å²) in [6, 6.07) is 5.90. The lowest BCUT2D eigenvalue weighted by atomic mass is 9.94. The first kappa shape index (κ1) is 20.1. The van der Waals surface area contributed by atoms with Crippen LogP contribution in [0.1, 0.15) is 56.0 Å². The average molecular weight is 418 g/mol. The van der Waals surface area contributed by atoms with E-state index in [0.29, 0.717) is 29.5 Å². The number of thioether (sulfide) groups is 1. The Balaban J connectivity index is 1.84. The number of aliphatic imine (C=N–C) groups is 1. The highest BCUT2D eigenvalue weighted by Crippen LogP contribution is 2.49. The molecule has 0 bridgehead atoms. The van der Waals surface area contributed by atoms with E-state index < -0.39 is 0 Å². The number of para-hydroxylation sites is 1. The molecular formula is C21H27N3O4S. The minimum Gasteiger partial charge on any atom is -0.493 e. The number of rotatable bonds is 4. The molecule has 0 saturated carbocycles. The molecule has 4 rings (SSSR count). The number of benzene rings is 1. The molecule has 1 fully saturated rings. The SMILES string of the molecule is COc1cccc([C@@H]2SC(C)=Nc3c2c(=O)[nH]n3[C@@H]2CCOC(C)(C)C2)c1OC. The fraction of sp³-hybridized carbons (Fsp3) is 0.524.